The lowest BCUT2D eigenvalue weighted by atomic mass is 9.85. The van der Waals surface area contributed by atoms with Crippen LogP contribution < -0.4 is 0 Å². The minimum Gasteiger partial charge on any atom is -0.278 e. The number of rotatable bonds is 7. The number of hydrogen-bond donors (Lipinski definition) is 0. The Morgan fingerprint density at radius 1 is 0.368 bits per heavy atom. The first kappa shape index (κ1) is 41.6. The number of hydrogen-bond acceptors (Lipinski definition) is 4. The fourth-order valence-corrected chi connectivity index (χ4v) is 13.8. The molecule has 4 aromatic heterocycles. The SMILES string of the molecule is CC(C)(C)c1ccc2c(c1)c1cc(C(C)(C)C)ccc1n2-c1nc(-c2cccc(S(c3ccccc3)(c3ccccc3)c3ccccc3)c2)nc(-n2c3ccccc3n3c4ccccc4nc23)n1. The van der Waals surface area contributed by atoms with Gasteiger partial charge >= 0.3 is 0 Å². The van der Waals surface area contributed by atoms with E-state index >= 15 is 0 Å². The minimum absolute atomic E-state index is 0.0478. The van der Waals surface area contributed by atoms with Crippen molar-refractivity contribution >= 4 is 59.7 Å². The van der Waals surface area contributed by atoms with Crippen LogP contribution >= 0.6 is 10.0 Å². The predicted octanol–water partition coefficient (Wildman–Crippen LogP) is 15.3. The zero-order chi connectivity index (χ0) is 46.4. The van der Waals surface area contributed by atoms with Gasteiger partial charge in [-0.1, -0.05) is 145 Å². The van der Waals surface area contributed by atoms with Crippen LogP contribution in [0.4, 0.5) is 0 Å². The maximum absolute atomic E-state index is 5.55. The van der Waals surface area contributed by atoms with E-state index < -0.39 is 10.0 Å². The number of para-hydroxylation sites is 4. The third kappa shape index (κ3) is 6.57. The molecule has 8 heteroatoms. The topological polar surface area (TPSA) is 65.8 Å². The van der Waals surface area contributed by atoms with Gasteiger partial charge in [-0.2, -0.15) is 15.0 Å². The van der Waals surface area contributed by atoms with Gasteiger partial charge in [-0.25, -0.2) is 9.55 Å². The molecule has 0 aliphatic heterocycles. The van der Waals surface area contributed by atoms with Crippen molar-refractivity contribution < 1.29 is 0 Å². The molecule has 0 radical (unpaired) electrons. The molecule has 0 saturated heterocycles. The van der Waals surface area contributed by atoms with E-state index in [9.17, 15) is 0 Å². The molecule has 332 valence electrons. The Hall–Kier alpha value is -7.81. The van der Waals surface area contributed by atoms with Crippen LogP contribution in [-0.2, 0) is 10.8 Å². The molecule has 0 unspecified atom stereocenters. The summed E-state index contributed by atoms with van der Waals surface area (Å²) in [5.41, 5.74) is 9.29. The molecular formula is C60H51N7S. The van der Waals surface area contributed by atoms with Crippen molar-refractivity contribution in [1.82, 2.24) is 33.5 Å². The van der Waals surface area contributed by atoms with E-state index in [0.717, 1.165) is 44.4 Å². The van der Waals surface area contributed by atoms with Crippen molar-refractivity contribution in [3.63, 3.8) is 0 Å². The molecular weight excluding hydrogens is 851 g/mol. The lowest BCUT2D eigenvalue weighted by Gasteiger charge is -2.42. The molecule has 0 aliphatic carbocycles. The summed E-state index contributed by atoms with van der Waals surface area (Å²) in [5, 5.41) is 2.33. The average molecular weight is 902 g/mol. The van der Waals surface area contributed by atoms with Crippen LogP contribution in [0.25, 0.3) is 72.9 Å². The van der Waals surface area contributed by atoms with Crippen LogP contribution in [0.1, 0.15) is 52.7 Å². The molecule has 0 amide bonds. The van der Waals surface area contributed by atoms with Crippen molar-refractivity contribution in [1.29, 1.82) is 0 Å². The molecule has 7 nitrogen and oxygen atoms in total. The van der Waals surface area contributed by atoms with Gasteiger partial charge in [-0.15, -0.1) is 10.0 Å². The quantitative estimate of drug-likeness (QED) is 0.160. The highest BCUT2D eigenvalue weighted by Gasteiger charge is 2.34. The maximum Gasteiger partial charge on any atom is 0.242 e. The smallest absolute Gasteiger partial charge is 0.242 e. The number of imidazole rings is 2. The molecule has 0 spiro atoms. The summed E-state index contributed by atoms with van der Waals surface area (Å²) in [6.07, 6.45) is 0. The van der Waals surface area contributed by atoms with Gasteiger partial charge in [0.05, 0.1) is 33.1 Å². The highest BCUT2D eigenvalue weighted by molar-refractivity contribution is 8.34. The Morgan fingerprint density at radius 2 is 0.838 bits per heavy atom. The van der Waals surface area contributed by atoms with E-state index in [2.05, 4.69) is 249 Å². The number of nitrogens with zero attached hydrogens (tertiary/aromatic N) is 7. The zero-order valence-corrected chi connectivity index (χ0v) is 39.9. The van der Waals surface area contributed by atoms with Crippen LogP contribution in [0, 0.1) is 0 Å². The summed E-state index contributed by atoms with van der Waals surface area (Å²) in [6, 6.07) is 72.2. The van der Waals surface area contributed by atoms with E-state index in [-0.39, 0.29) is 10.8 Å². The van der Waals surface area contributed by atoms with Crippen LogP contribution in [0.5, 0.6) is 0 Å². The maximum atomic E-state index is 5.55. The molecule has 0 fully saturated rings. The summed E-state index contributed by atoms with van der Waals surface area (Å²) >= 11 is 0. The molecule has 68 heavy (non-hydrogen) atoms. The lowest BCUT2D eigenvalue weighted by Crippen LogP contribution is -2.12. The highest BCUT2D eigenvalue weighted by Crippen LogP contribution is 2.73. The second kappa shape index (κ2) is 15.6. The Kier molecular flexibility index (Phi) is 9.57. The number of fused-ring (bicyclic) bond motifs is 8. The fraction of sp³-hybridized carbons (Fsp3) is 0.133. The van der Waals surface area contributed by atoms with Crippen LogP contribution in [0.3, 0.4) is 0 Å². The molecule has 8 aromatic carbocycles. The Morgan fingerprint density at radius 3 is 1.38 bits per heavy atom. The van der Waals surface area contributed by atoms with Gasteiger partial charge in [0.2, 0.25) is 17.7 Å². The summed E-state index contributed by atoms with van der Waals surface area (Å²) in [5.74, 6) is 2.31. The third-order valence-corrected chi connectivity index (χ3v) is 17.3. The molecule has 12 rings (SSSR count). The first-order chi connectivity index (χ1) is 33.0. The summed E-state index contributed by atoms with van der Waals surface area (Å²) < 4.78 is 6.55. The van der Waals surface area contributed by atoms with Gasteiger partial charge in [-0.3, -0.25) is 8.97 Å². The number of aromatic nitrogens is 7. The monoisotopic (exact) mass is 901 g/mol. The van der Waals surface area contributed by atoms with E-state index in [1.807, 2.05) is 6.07 Å². The third-order valence-electron chi connectivity index (χ3n) is 13.4. The molecule has 0 N–H and O–H groups in total. The number of benzene rings is 8. The van der Waals surface area contributed by atoms with Crippen LogP contribution in [0.15, 0.2) is 220 Å². The summed E-state index contributed by atoms with van der Waals surface area (Å²) in [7, 11) is -2.01. The van der Waals surface area contributed by atoms with Gasteiger partial charge in [0.25, 0.3) is 0 Å². The van der Waals surface area contributed by atoms with Crippen LogP contribution in [0.2, 0.25) is 0 Å². The largest absolute Gasteiger partial charge is 0.278 e. The lowest BCUT2D eigenvalue weighted by molar-refractivity contribution is 0.590. The summed E-state index contributed by atoms with van der Waals surface area (Å²) in [4.78, 5) is 26.8. The van der Waals surface area contributed by atoms with Gasteiger partial charge in [0.15, 0.2) is 5.82 Å². The zero-order valence-electron chi connectivity index (χ0n) is 39.1. The van der Waals surface area contributed by atoms with E-state index in [1.165, 1.54) is 41.5 Å². The Balaban J connectivity index is 1.18. The average Bonchev–Trinajstić information content (AvgIpc) is 4.01. The molecule has 0 atom stereocenters. The molecule has 0 aliphatic rings. The predicted molar refractivity (Wildman–Crippen MR) is 280 cm³/mol. The molecule has 0 bridgehead atoms. The fourth-order valence-electron chi connectivity index (χ4n) is 9.92. The van der Waals surface area contributed by atoms with E-state index in [1.54, 1.807) is 0 Å². The Labute approximate surface area is 397 Å². The van der Waals surface area contributed by atoms with Crippen molar-refractivity contribution in [2.75, 3.05) is 0 Å². The molecule has 4 heterocycles. The first-order valence-electron chi connectivity index (χ1n) is 23.3. The molecule has 12 aromatic rings. The van der Waals surface area contributed by atoms with Crippen molar-refractivity contribution in [3.05, 3.63) is 211 Å². The van der Waals surface area contributed by atoms with E-state index in [4.69, 9.17) is 19.9 Å². The van der Waals surface area contributed by atoms with Crippen molar-refractivity contribution in [2.24, 2.45) is 0 Å². The van der Waals surface area contributed by atoms with Crippen LogP contribution in [-0.4, -0.2) is 33.5 Å². The molecule has 0 saturated carbocycles. The second-order valence-corrected chi connectivity index (χ2v) is 22.8. The normalized spacial score (nSPS) is 12.8. The van der Waals surface area contributed by atoms with Crippen molar-refractivity contribution in [2.45, 2.75) is 72.0 Å². The van der Waals surface area contributed by atoms with Gasteiger partial charge < -0.3 is 0 Å². The van der Waals surface area contributed by atoms with Gasteiger partial charge in [0.1, 0.15) is 0 Å². The summed E-state index contributed by atoms with van der Waals surface area (Å²) in [6.45, 7) is 13.7. The van der Waals surface area contributed by atoms with Crippen molar-refractivity contribution in [3.8, 4) is 23.3 Å². The first-order valence-corrected chi connectivity index (χ1v) is 24.9. The standard InChI is InChI=1S/C60H51N7S/c1-59(2,3)41-33-35-50-47(38-41)48-39-42(60(4,5)6)34-36-51(48)65(50)56-62-55(63-57(64-56)67-54-32-19-18-31-53(54)66-52-30-17-16-29-49(52)61-58(66)67)40-21-20-28-46(37-40)68(43-22-10-7-11-23-43,44-24-12-8-13-25-44)45-26-14-9-15-27-45/h7-39H,1-6H3. The highest BCUT2D eigenvalue weighted by atomic mass is 32.3. The second-order valence-electron chi connectivity index (χ2n) is 19.7. The van der Waals surface area contributed by atoms with E-state index in [0.29, 0.717) is 17.7 Å². The Bertz CT molecular complexity index is 3700. The minimum atomic E-state index is -2.01. The van der Waals surface area contributed by atoms with Gasteiger partial charge in [0, 0.05) is 35.9 Å². The van der Waals surface area contributed by atoms with Gasteiger partial charge in [-0.05, 0) is 119 Å².